The molecule has 0 radical (unpaired) electrons. The summed E-state index contributed by atoms with van der Waals surface area (Å²) in [4.78, 5) is 46.3. The molecule has 8 rings (SSSR count). The number of pyridine rings is 1. The summed E-state index contributed by atoms with van der Waals surface area (Å²) in [6.07, 6.45) is 5.80. The number of nitrogens with zero attached hydrogens (tertiary/aromatic N) is 4. The highest BCUT2D eigenvalue weighted by atomic mass is 32.1. The van der Waals surface area contributed by atoms with Crippen LogP contribution in [-0.2, 0) is 32.2 Å². The van der Waals surface area contributed by atoms with Gasteiger partial charge in [0.05, 0.1) is 41.7 Å². The van der Waals surface area contributed by atoms with Gasteiger partial charge in [0, 0.05) is 66.0 Å². The molecule has 2 fully saturated rings. The van der Waals surface area contributed by atoms with Crippen LogP contribution in [0, 0.1) is 17.0 Å². The average Bonchev–Trinajstić information content (AvgIpc) is 3.69. The molecule has 1 aliphatic carbocycles. The number of ether oxygens (including phenoxy) is 3. The van der Waals surface area contributed by atoms with Crippen molar-refractivity contribution in [3.63, 3.8) is 0 Å². The summed E-state index contributed by atoms with van der Waals surface area (Å²) in [7, 11) is 0. The van der Waals surface area contributed by atoms with Crippen molar-refractivity contribution in [2.24, 2.45) is 5.41 Å². The summed E-state index contributed by atoms with van der Waals surface area (Å²) in [5.74, 6) is -2.29. The molecule has 1 aliphatic heterocycles. The maximum absolute atomic E-state index is 15.3. The van der Waals surface area contributed by atoms with Crippen LogP contribution in [0.3, 0.4) is 0 Å². The molecule has 12 nitrogen and oxygen atoms in total. The number of nitrogens with one attached hydrogen (secondary N) is 2. The van der Waals surface area contributed by atoms with Crippen molar-refractivity contribution in [3.8, 4) is 21.9 Å². The van der Waals surface area contributed by atoms with Crippen LogP contribution in [0.2, 0.25) is 0 Å². The van der Waals surface area contributed by atoms with Gasteiger partial charge in [-0.15, -0.1) is 11.3 Å². The largest absolute Gasteiger partial charge is 0.460 e. The lowest BCUT2D eigenvalue weighted by Crippen LogP contribution is -2.35. The molecule has 0 atom stereocenters. The Morgan fingerprint density at radius 1 is 0.875 bits per heavy atom. The van der Waals surface area contributed by atoms with Gasteiger partial charge in [0.1, 0.15) is 23.6 Å². The predicted octanol–water partition coefficient (Wildman–Crippen LogP) is 7.28. The molecular formula is C41H36F2N6O6S. The van der Waals surface area contributed by atoms with Crippen molar-refractivity contribution in [1.29, 1.82) is 0 Å². The van der Waals surface area contributed by atoms with Crippen molar-refractivity contribution in [3.05, 3.63) is 120 Å². The number of amides is 2. The zero-order valence-corrected chi connectivity index (χ0v) is 30.8. The van der Waals surface area contributed by atoms with Gasteiger partial charge in [-0.25, -0.2) is 13.6 Å². The van der Waals surface area contributed by atoms with Crippen LogP contribution in [0.4, 0.5) is 20.2 Å². The third-order valence-electron chi connectivity index (χ3n) is 9.68. The second kappa shape index (κ2) is 16.0. The number of aromatic nitrogens is 3. The Bertz CT molecular complexity index is 2390. The molecule has 2 N–H and O–H groups in total. The molecule has 3 aromatic heterocycles. The second-order valence-corrected chi connectivity index (χ2v) is 14.6. The molecule has 15 heteroatoms. The number of hydrogen-bond donors (Lipinski definition) is 2. The second-order valence-electron chi connectivity index (χ2n) is 13.6. The van der Waals surface area contributed by atoms with Crippen molar-refractivity contribution in [2.45, 2.75) is 25.9 Å². The third-order valence-corrected chi connectivity index (χ3v) is 10.9. The van der Waals surface area contributed by atoms with Gasteiger partial charge >= 0.3 is 5.97 Å². The Morgan fingerprint density at radius 2 is 1.61 bits per heavy atom. The minimum atomic E-state index is -1.29. The number of halogens is 2. The fourth-order valence-electron chi connectivity index (χ4n) is 6.33. The van der Waals surface area contributed by atoms with Gasteiger partial charge in [0.2, 0.25) is 11.8 Å². The Balaban J connectivity index is 0.858. The molecule has 0 spiro atoms. The first-order chi connectivity index (χ1) is 27.2. The van der Waals surface area contributed by atoms with Crippen LogP contribution < -0.4 is 15.4 Å². The van der Waals surface area contributed by atoms with Gasteiger partial charge in [0.25, 0.3) is 0 Å². The van der Waals surface area contributed by atoms with E-state index in [-0.39, 0.29) is 18.0 Å². The highest BCUT2D eigenvalue weighted by Crippen LogP contribution is 2.48. The number of fused-ring (bicyclic) bond motifs is 1. The van der Waals surface area contributed by atoms with Gasteiger partial charge in [0.15, 0.2) is 11.6 Å². The van der Waals surface area contributed by atoms with E-state index in [9.17, 15) is 18.8 Å². The zero-order chi connectivity index (χ0) is 38.6. The first-order valence-electron chi connectivity index (χ1n) is 18.1. The average molecular weight is 779 g/mol. The minimum absolute atomic E-state index is 0.0630. The molecule has 3 aromatic carbocycles. The summed E-state index contributed by atoms with van der Waals surface area (Å²) < 4.78 is 47.9. The Kier molecular flexibility index (Phi) is 10.5. The fraction of sp³-hybridized carbons (Fsp3) is 0.244. The lowest BCUT2D eigenvalue weighted by Gasteiger charge is -2.26. The van der Waals surface area contributed by atoms with Crippen molar-refractivity contribution >= 4 is 50.7 Å². The first-order valence-corrected chi connectivity index (χ1v) is 18.9. The number of thiophene rings is 1. The van der Waals surface area contributed by atoms with Crippen LogP contribution >= 0.6 is 11.3 Å². The molecule has 1 saturated carbocycles. The van der Waals surface area contributed by atoms with E-state index in [2.05, 4.69) is 25.6 Å². The highest BCUT2D eigenvalue weighted by molar-refractivity contribution is 7.22. The summed E-state index contributed by atoms with van der Waals surface area (Å²) in [5.41, 5.74) is 2.34. The van der Waals surface area contributed by atoms with Crippen LogP contribution in [0.5, 0.6) is 11.5 Å². The minimum Gasteiger partial charge on any atom is -0.460 e. The SMILES string of the molecule is O=C(OCCn1cc(-c2cc3nccc(Oc4ccc(NC(=O)C5(C(=O)Nc6ccc(F)cc6)CC5)cc4F)c3s2)cn1)c1ccc(CN2CCOCC2)cc1. The quantitative estimate of drug-likeness (QED) is 0.0916. The van der Waals surface area contributed by atoms with E-state index in [1.54, 1.807) is 35.3 Å². The van der Waals surface area contributed by atoms with Crippen LogP contribution in [0.25, 0.3) is 20.7 Å². The molecule has 56 heavy (non-hydrogen) atoms. The Morgan fingerprint density at radius 3 is 2.34 bits per heavy atom. The summed E-state index contributed by atoms with van der Waals surface area (Å²) in [6.45, 7) is 4.57. The van der Waals surface area contributed by atoms with Crippen molar-refractivity contribution in [2.75, 3.05) is 43.5 Å². The number of carbonyl (C=O) groups is 3. The summed E-state index contributed by atoms with van der Waals surface area (Å²) >= 11 is 1.41. The van der Waals surface area contributed by atoms with E-state index >= 15 is 4.39 Å². The van der Waals surface area contributed by atoms with Crippen molar-refractivity contribution < 1.29 is 37.4 Å². The van der Waals surface area contributed by atoms with Gasteiger partial charge < -0.3 is 24.8 Å². The number of benzene rings is 3. The smallest absolute Gasteiger partial charge is 0.338 e. The number of esters is 1. The Labute approximate surface area is 324 Å². The predicted molar refractivity (Wildman–Crippen MR) is 205 cm³/mol. The topological polar surface area (TPSA) is 137 Å². The van der Waals surface area contributed by atoms with Crippen LogP contribution in [-0.4, -0.2) is 70.4 Å². The third kappa shape index (κ3) is 8.29. The number of morpholine rings is 1. The van der Waals surface area contributed by atoms with Gasteiger partial charge in [-0.3, -0.25) is 24.2 Å². The van der Waals surface area contributed by atoms with Crippen molar-refractivity contribution in [1.82, 2.24) is 19.7 Å². The number of carbonyl (C=O) groups excluding carboxylic acids is 3. The van der Waals surface area contributed by atoms with Crippen LogP contribution in [0.1, 0.15) is 28.8 Å². The van der Waals surface area contributed by atoms with E-state index in [1.165, 1.54) is 47.7 Å². The van der Waals surface area contributed by atoms with Gasteiger partial charge in [-0.05, 0) is 73.0 Å². The first kappa shape index (κ1) is 36.9. The number of rotatable bonds is 13. The molecule has 6 aromatic rings. The number of anilines is 2. The van der Waals surface area contributed by atoms with E-state index in [0.717, 1.165) is 54.9 Å². The molecule has 1 saturated heterocycles. The van der Waals surface area contributed by atoms with Gasteiger partial charge in [-0.2, -0.15) is 5.10 Å². The standard InChI is InChI=1S/C41H36F2N6O6S/c42-29-5-7-30(8-6-29)46-39(51)41(12-13-41)40(52)47-31-9-10-34(32(43)21-31)55-35-11-14-44-33-22-36(56-37(33)35)28-23-45-49(25-28)17-20-54-38(50)27-3-1-26(2-4-27)24-48-15-18-53-19-16-48/h1-11,14,21-23,25H,12-13,15-20,24H2,(H,46,51)(H,47,52). The van der Waals surface area contributed by atoms with Crippen LogP contribution in [0.15, 0.2) is 97.5 Å². The molecule has 286 valence electrons. The molecule has 0 bridgehead atoms. The van der Waals surface area contributed by atoms with E-state index in [1.807, 2.05) is 24.4 Å². The summed E-state index contributed by atoms with van der Waals surface area (Å²) in [5, 5.41) is 9.73. The molecule has 2 amide bonds. The summed E-state index contributed by atoms with van der Waals surface area (Å²) in [6, 6.07) is 20.3. The lowest BCUT2D eigenvalue weighted by atomic mass is 10.0. The maximum Gasteiger partial charge on any atom is 0.338 e. The lowest BCUT2D eigenvalue weighted by molar-refractivity contribution is -0.131. The van der Waals surface area contributed by atoms with E-state index in [0.29, 0.717) is 46.6 Å². The normalized spacial score (nSPS) is 15.0. The monoisotopic (exact) mass is 778 g/mol. The number of hydrogen-bond acceptors (Lipinski definition) is 10. The molecule has 2 aliphatic rings. The van der Waals surface area contributed by atoms with E-state index in [4.69, 9.17) is 14.2 Å². The maximum atomic E-state index is 15.3. The molecular weight excluding hydrogens is 743 g/mol. The molecule has 4 heterocycles. The molecule has 0 unspecified atom stereocenters. The zero-order valence-electron chi connectivity index (χ0n) is 30.0. The highest BCUT2D eigenvalue weighted by Gasteiger charge is 2.56. The van der Waals surface area contributed by atoms with Gasteiger partial charge in [-0.1, -0.05) is 12.1 Å². The van der Waals surface area contributed by atoms with E-state index < -0.39 is 34.8 Å². The Hall–Kier alpha value is -6.03. The fourth-order valence-corrected chi connectivity index (χ4v) is 7.37.